The number of methoxy groups -OCH3 is 1. The minimum Gasteiger partial charge on any atom is -0.381 e. The molecular formula is C17H25BrN2O2. The van der Waals surface area contributed by atoms with Gasteiger partial charge in [0, 0.05) is 18.1 Å². The molecule has 0 saturated heterocycles. The first-order chi connectivity index (χ1) is 10.4. The Morgan fingerprint density at radius 2 is 1.91 bits per heavy atom. The molecule has 1 saturated carbocycles. The fraction of sp³-hybridized carbons (Fsp3) is 0.588. The number of carbonyl (C=O) groups is 1. The van der Waals surface area contributed by atoms with Gasteiger partial charge in [-0.3, -0.25) is 4.79 Å². The Morgan fingerprint density at radius 3 is 2.45 bits per heavy atom. The number of hydrogen-bond donors (Lipinski definition) is 2. The van der Waals surface area contributed by atoms with Gasteiger partial charge in [0.05, 0.1) is 6.10 Å². The average Bonchev–Trinajstić information content (AvgIpc) is 2.53. The molecule has 1 atom stereocenters. The Kier molecular flexibility index (Phi) is 6.01. The van der Waals surface area contributed by atoms with Crippen molar-refractivity contribution in [1.29, 1.82) is 0 Å². The molecule has 22 heavy (non-hydrogen) atoms. The molecular weight excluding hydrogens is 344 g/mol. The van der Waals surface area contributed by atoms with Crippen LogP contribution in [0.5, 0.6) is 0 Å². The molecule has 0 radical (unpaired) electrons. The smallest absolute Gasteiger partial charge is 0.244 e. The monoisotopic (exact) mass is 368 g/mol. The molecule has 1 aliphatic rings. The van der Waals surface area contributed by atoms with Crippen molar-refractivity contribution in [2.24, 2.45) is 11.7 Å². The normalized spacial score (nSPS) is 24.5. The van der Waals surface area contributed by atoms with Gasteiger partial charge in [-0.05, 0) is 56.2 Å². The van der Waals surface area contributed by atoms with Crippen LogP contribution in [-0.2, 0) is 15.1 Å². The second-order valence-corrected chi connectivity index (χ2v) is 7.21. The minimum atomic E-state index is -1.01. The molecule has 1 fully saturated rings. The van der Waals surface area contributed by atoms with E-state index in [1.807, 2.05) is 24.3 Å². The summed E-state index contributed by atoms with van der Waals surface area (Å²) in [6.07, 6.45) is 4.72. The fourth-order valence-electron chi connectivity index (χ4n) is 2.92. The number of benzene rings is 1. The molecule has 0 heterocycles. The number of ether oxygens (including phenoxy) is 1. The maximum absolute atomic E-state index is 12.4. The number of nitrogens with one attached hydrogen (secondary N) is 1. The second-order valence-electron chi connectivity index (χ2n) is 6.30. The zero-order chi connectivity index (χ0) is 16.2. The largest absolute Gasteiger partial charge is 0.381 e. The Balaban J connectivity index is 1.87. The highest BCUT2D eigenvalue weighted by Gasteiger charge is 2.31. The molecule has 1 unspecified atom stereocenters. The number of nitrogens with two attached hydrogens (primary N) is 1. The summed E-state index contributed by atoms with van der Waals surface area (Å²) in [7, 11) is 1.77. The summed E-state index contributed by atoms with van der Waals surface area (Å²) < 4.78 is 6.35. The van der Waals surface area contributed by atoms with Gasteiger partial charge >= 0.3 is 0 Å². The first-order valence-electron chi connectivity index (χ1n) is 7.79. The van der Waals surface area contributed by atoms with Crippen LogP contribution in [-0.4, -0.2) is 25.7 Å². The van der Waals surface area contributed by atoms with Crippen LogP contribution in [0, 0.1) is 5.92 Å². The molecule has 3 N–H and O–H groups in total. The lowest BCUT2D eigenvalue weighted by Gasteiger charge is -2.29. The Bertz CT molecular complexity index is 494. The van der Waals surface area contributed by atoms with Crippen LogP contribution in [0.2, 0.25) is 0 Å². The predicted octanol–water partition coefficient (Wildman–Crippen LogP) is 2.94. The summed E-state index contributed by atoms with van der Waals surface area (Å²) in [4.78, 5) is 12.4. The highest BCUT2D eigenvalue weighted by Crippen LogP contribution is 2.26. The predicted molar refractivity (Wildman–Crippen MR) is 91.4 cm³/mol. The standard InChI is InChI=1S/C17H25BrN2O2/c1-17(19,13-5-7-14(18)8-6-13)16(21)20-11-12-3-9-15(22-2)10-4-12/h5-8,12,15H,3-4,9-11,19H2,1-2H3,(H,20,21). The number of rotatable bonds is 5. The van der Waals surface area contributed by atoms with E-state index in [0.717, 1.165) is 35.7 Å². The van der Waals surface area contributed by atoms with E-state index in [9.17, 15) is 4.79 Å². The zero-order valence-electron chi connectivity index (χ0n) is 13.3. The van der Waals surface area contributed by atoms with Crippen LogP contribution in [0.3, 0.4) is 0 Å². The molecule has 1 amide bonds. The number of hydrogen-bond acceptors (Lipinski definition) is 3. The van der Waals surface area contributed by atoms with Gasteiger partial charge in [-0.2, -0.15) is 0 Å². The maximum atomic E-state index is 12.4. The van der Waals surface area contributed by atoms with E-state index in [-0.39, 0.29) is 5.91 Å². The molecule has 2 rings (SSSR count). The van der Waals surface area contributed by atoms with E-state index >= 15 is 0 Å². The summed E-state index contributed by atoms with van der Waals surface area (Å²) in [5, 5.41) is 3.02. The van der Waals surface area contributed by atoms with E-state index < -0.39 is 5.54 Å². The minimum absolute atomic E-state index is 0.122. The van der Waals surface area contributed by atoms with Gasteiger partial charge in [-0.25, -0.2) is 0 Å². The quantitative estimate of drug-likeness (QED) is 0.839. The third-order valence-corrected chi connectivity index (χ3v) is 5.12. The number of amides is 1. The Morgan fingerprint density at radius 1 is 1.32 bits per heavy atom. The average molecular weight is 369 g/mol. The summed E-state index contributed by atoms with van der Waals surface area (Å²) in [6.45, 7) is 2.45. The fourth-order valence-corrected chi connectivity index (χ4v) is 3.18. The van der Waals surface area contributed by atoms with E-state index in [0.29, 0.717) is 18.6 Å². The van der Waals surface area contributed by atoms with E-state index in [2.05, 4.69) is 21.2 Å². The van der Waals surface area contributed by atoms with Crippen molar-refractivity contribution in [3.63, 3.8) is 0 Å². The highest BCUT2D eigenvalue weighted by atomic mass is 79.9. The van der Waals surface area contributed by atoms with Crippen molar-refractivity contribution in [3.8, 4) is 0 Å². The van der Waals surface area contributed by atoms with E-state index in [4.69, 9.17) is 10.5 Å². The Hall–Kier alpha value is -0.910. The van der Waals surface area contributed by atoms with Gasteiger partial charge in [0.2, 0.25) is 5.91 Å². The van der Waals surface area contributed by atoms with Crippen molar-refractivity contribution in [3.05, 3.63) is 34.3 Å². The van der Waals surface area contributed by atoms with Crippen LogP contribution < -0.4 is 11.1 Å². The number of carbonyl (C=O) groups excluding carboxylic acids is 1. The first kappa shape index (κ1) is 17.4. The molecule has 1 aliphatic carbocycles. The van der Waals surface area contributed by atoms with Gasteiger partial charge in [0.1, 0.15) is 5.54 Å². The van der Waals surface area contributed by atoms with Gasteiger partial charge in [0.15, 0.2) is 0 Å². The van der Waals surface area contributed by atoms with Crippen molar-refractivity contribution in [2.75, 3.05) is 13.7 Å². The SMILES string of the molecule is COC1CCC(CNC(=O)C(C)(N)c2ccc(Br)cc2)CC1. The van der Waals surface area contributed by atoms with Gasteiger partial charge in [0.25, 0.3) is 0 Å². The molecule has 1 aromatic rings. The molecule has 0 spiro atoms. The third kappa shape index (κ3) is 4.31. The molecule has 0 aliphatic heterocycles. The molecule has 5 heteroatoms. The number of halogens is 1. The first-order valence-corrected chi connectivity index (χ1v) is 8.58. The summed E-state index contributed by atoms with van der Waals surface area (Å²) in [5.41, 5.74) is 6.05. The van der Waals surface area contributed by atoms with Gasteiger partial charge < -0.3 is 15.8 Å². The molecule has 0 aromatic heterocycles. The van der Waals surface area contributed by atoms with Crippen LogP contribution in [0.15, 0.2) is 28.7 Å². The summed E-state index contributed by atoms with van der Waals surface area (Å²) in [5.74, 6) is 0.403. The van der Waals surface area contributed by atoms with Crippen LogP contribution in [0.4, 0.5) is 0 Å². The lowest BCUT2D eigenvalue weighted by atomic mass is 9.86. The second kappa shape index (κ2) is 7.57. The van der Waals surface area contributed by atoms with Crippen LogP contribution in [0.25, 0.3) is 0 Å². The molecule has 1 aromatic carbocycles. The van der Waals surface area contributed by atoms with Crippen molar-refractivity contribution < 1.29 is 9.53 Å². The highest BCUT2D eigenvalue weighted by molar-refractivity contribution is 9.10. The molecule has 122 valence electrons. The topological polar surface area (TPSA) is 64.3 Å². The maximum Gasteiger partial charge on any atom is 0.244 e. The lowest BCUT2D eigenvalue weighted by molar-refractivity contribution is -0.126. The summed E-state index contributed by atoms with van der Waals surface area (Å²) in [6, 6.07) is 7.57. The van der Waals surface area contributed by atoms with Crippen molar-refractivity contribution in [2.45, 2.75) is 44.2 Å². The van der Waals surface area contributed by atoms with Gasteiger partial charge in [-0.1, -0.05) is 28.1 Å². The van der Waals surface area contributed by atoms with Crippen LogP contribution >= 0.6 is 15.9 Å². The van der Waals surface area contributed by atoms with Crippen LogP contribution in [0.1, 0.15) is 38.2 Å². The zero-order valence-corrected chi connectivity index (χ0v) is 14.9. The Labute approximate surface area is 140 Å². The van der Waals surface area contributed by atoms with Gasteiger partial charge in [-0.15, -0.1) is 0 Å². The van der Waals surface area contributed by atoms with Crippen molar-refractivity contribution >= 4 is 21.8 Å². The third-order valence-electron chi connectivity index (χ3n) is 4.59. The lowest BCUT2D eigenvalue weighted by Crippen LogP contribution is -2.50. The molecule has 4 nitrogen and oxygen atoms in total. The molecule has 0 bridgehead atoms. The van der Waals surface area contributed by atoms with E-state index in [1.54, 1.807) is 14.0 Å². The summed E-state index contributed by atoms with van der Waals surface area (Å²) >= 11 is 3.39. The van der Waals surface area contributed by atoms with E-state index in [1.165, 1.54) is 0 Å². The van der Waals surface area contributed by atoms with Crippen molar-refractivity contribution in [1.82, 2.24) is 5.32 Å².